The van der Waals surface area contributed by atoms with Gasteiger partial charge >= 0.3 is 0 Å². The third-order valence-electron chi connectivity index (χ3n) is 4.39. The van der Waals surface area contributed by atoms with E-state index in [4.69, 9.17) is 9.72 Å². The maximum Gasteiger partial charge on any atom is 0.164 e. The average molecular weight is 308 g/mol. The van der Waals surface area contributed by atoms with E-state index >= 15 is 0 Å². The van der Waals surface area contributed by atoms with Crippen LogP contribution in [0.2, 0.25) is 0 Å². The predicted octanol–water partition coefficient (Wildman–Crippen LogP) is 2.72. The van der Waals surface area contributed by atoms with Crippen LogP contribution in [0.1, 0.15) is 18.7 Å². The SMILES string of the molecule is COc1cccc(-n2c(CC3CCCN3)nc3cccnc32)c1. The number of nitrogens with zero attached hydrogens (tertiary/aromatic N) is 3. The largest absolute Gasteiger partial charge is 0.497 e. The summed E-state index contributed by atoms with van der Waals surface area (Å²) >= 11 is 0. The van der Waals surface area contributed by atoms with Crippen LogP contribution in [0.3, 0.4) is 0 Å². The lowest BCUT2D eigenvalue weighted by Gasteiger charge is -2.13. The standard InChI is InChI=1S/C18H20N4O/c1-23-15-7-2-6-14(12-15)22-17(11-13-5-3-9-19-13)21-16-8-4-10-20-18(16)22/h2,4,6-8,10,12-13,19H,3,5,9,11H2,1H3. The fourth-order valence-corrected chi connectivity index (χ4v) is 3.27. The van der Waals surface area contributed by atoms with E-state index in [-0.39, 0.29) is 0 Å². The third-order valence-corrected chi connectivity index (χ3v) is 4.39. The first-order valence-corrected chi connectivity index (χ1v) is 8.05. The van der Waals surface area contributed by atoms with Crippen LogP contribution in [-0.2, 0) is 6.42 Å². The van der Waals surface area contributed by atoms with Crippen molar-refractivity contribution in [2.24, 2.45) is 0 Å². The minimum absolute atomic E-state index is 0.496. The van der Waals surface area contributed by atoms with Crippen molar-refractivity contribution in [3.63, 3.8) is 0 Å². The molecule has 0 spiro atoms. The number of hydrogen-bond acceptors (Lipinski definition) is 4. The number of methoxy groups -OCH3 is 1. The fraction of sp³-hybridized carbons (Fsp3) is 0.333. The second kappa shape index (κ2) is 6.01. The number of imidazole rings is 1. The lowest BCUT2D eigenvalue weighted by molar-refractivity contribution is 0.414. The van der Waals surface area contributed by atoms with E-state index in [1.54, 1.807) is 7.11 Å². The summed E-state index contributed by atoms with van der Waals surface area (Å²) in [4.78, 5) is 9.38. The molecule has 1 N–H and O–H groups in total. The number of fused-ring (bicyclic) bond motifs is 1. The zero-order valence-electron chi connectivity index (χ0n) is 13.2. The normalized spacial score (nSPS) is 17.7. The maximum atomic E-state index is 5.37. The molecule has 1 unspecified atom stereocenters. The molecule has 0 saturated carbocycles. The van der Waals surface area contributed by atoms with Gasteiger partial charge in [-0.15, -0.1) is 0 Å². The molecule has 0 aliphatic carbocycles. The average Bonchev–Trinajstić information content (AvgIpc) is 3.22. The van der Waals surface area contributed by atoms with Gasteiger partial charge in [0.05, 0.1) is 12.8 Å². The summed E-state index contributed by atoms with van der Waals surface area (Å²) in [7, 11) is 1.69. The highest BCUT2D eigenvalue weighted by Gasteiger charge is 2.20. The first kappa shape index (κ1) is 14.2. The molecular formula is C18H20N4O. The van der Waals surface area contributed by atoms with Gasteiger partial charge in [-0.3, -0.25) is 4.57 Å². The van der Waals surface area contributed by atoms with Crippen LogP contribution >= 0.6 is 0 Å². The lowest BCUT2D eigenvalue weighted by atomic mass is 10.1. The molecule has 118 valence electrons. The van der Waals surface area contributed by atoms with Crippen molar-refractivity contribution in [3.8, 4) is 11.4 Å². The Morgan fingerprint density at radius 2 is 2.26 bits per heavy atom. The summed E-state index contributed by atoms with van der Waals surface area (Å²) in [5.74, 6) is 1.89. The van der Waals surface area contributed by atoms with Crippen molar-refractivity contribution in [2.75, 3.05) is 13.7 Å². The Morgan fingerprint density at radius 3 is 3.09 bits per heavy atom. The summed E-state index contributed by atoms with van der Waals surface area (Å²) < 4.78 is 7.52. The van der Waals surface area contributed by atoms with Gasteiger partial charge in [0.2, 0.25) is 0 Å². The Balaban J connectivity index is 1.84. The Hall–Kier alpha value is -2.40. The first-order chi connectivity index (χ1) is 11.3. The number of aromatic nitrogens is 3. The second-order valence-corrected chi connectivity index (χ2v) is 5.91. The molecule has 1 saturated heterocycles. The van der Waals surface area contributed by atoms with E-state index in [2.05, 4.69) is 20.9 Å². The molecule has 3 heterocycles. The number of benzene rings is 1. The Labute approximate surface area is 135 Å². The maximum absolute atomic E-state index is 5.37. The van der Waals surface area contributed by atoms with E-state index < -0.39 is 0 Å². The number of ether oxygens (including phenoxy) is 1. The van der Waals surface area contributed by atoms with Crippen LogP contribution in [-0.4, -0.2) is 34.2 Å². The number of nitrogens with one attached hydrogen (secondary N) is 1. The summed E-state index contributed by atoms with van der Waals surface area (Å²) in [6.07, 6.45) is 5.17. The van der Waals surface area contributed by atoms with Gasteiger partial charge in [-0.2, -0.15) is 0 Å². The molecule has 0 radical (unpaired) electrons. The molecule has 5 nitrogen and oxygen atoms in total. The number of rotatable bonds is 4. The molecule has 4 rings (SSSR count). The van der Waals surface area contributed by atoms with Gasteiger partial charge in [-0.25, -0.2) is 9.97 Å². The lowest BCUT2D eigenvalue weighted by Crippen LogP contribution is -2.25. The minimum Gasteiger partial charge on any atom is -0.497 e. The zero-order chi connectivity index (χ0) is 15.6. The Bertz CT molecular complexity index is 821. The highest BCUT2D eigenvalue weighted by atomic mass is 16.5. The van der Waals surface area contributed by atoms with E-state index in [1.165, 1.54) is 12.8 Å². The monoisotopic (exact) mass is 308 g/mol. The fourth-order valence-electron chi connectivity index (χ4n) is 3.27. The van der Waals surface area contributed by atoms with E-state index in [9.17, 15) is 0 Å². The van der Waals surface area contributed by atoms with E-state index in [1.807, 2.05) is 36.5 Å². The molecule has 2 aromatic heterocycles. The van der Waals surface area contributed by atoms with Crippen molar-refractivity contribution < 1.29 is 4.74 Å². The predicted molar refractivity (Wildman–Crippen MR) is 90.1 cm³/mol. The smallest absolute Gasteiger partial charge is 0.164 e. The van der Waals surface area contributed by atoms with Crippen molar-refractivity contribution in [2.45, 2.75) is 25.3 Å². The molecule has 5 heteroatoms. The third kappa shape index (κ3) is 2.68. The molecule has 1 aliphatic heterocycles. The molecule has 0 amide bonds. The molecule has 0 bridgehead atoms. The van der Waals surface area contributed by atoms with Gasteiger partial charge < -0.3 is 10.1 Å². The van der Waals surface area contributed by atoms with Gasteiger partial charge in [-0.1, -0.05) is 6.07 Å². The first-order valence-electron chi connectivity index (χ1n) is 8.05. The van der Waals surface area contributed by atoms with Crippen LogP contribution < -0.4 is 10.1 Å². The van der Waals surface area contributed by atoms with Crippen LogP contribution in [0.4, 0.5) is 0 Å². The molecule has 1 aromatic carbocycles. The number of hydrogen-bond donors (Lipinski definition) is 1. The summed E-state index contributed by atoms with van der Waals surface area (Å²) in [5.41, 5.74) is 2.87. The van der Waals surface area contributed by atoms with Crippen LogP contribution in [0.5, 0.6) is 5.75 Å². The van der Waals surface area contributed by atoms with Crippen LogP contribution in [0, 0.1) is 0 Å². The van der Waals surface area contributed by atoms with E-state index in [0.29, 0.717) is 6.04 Å². The number of pyridine rings is 1. The topological polar surface area (TPSA) is 52.0 Å². The molecular weight excluding hydrogens is 288 g/mol. The van der Waals surface area contributed by atoms with Gasteiger partial charge in [0.25, 0.3) is 0 Å². The molecule has 3 aromatic rings. The van der Waals surface area contributed by atoms with Crippen LogP contribution in [0.15, 0.2) is 42.6 Å². The molecule has 1 atom stereocenters. The van der Waals surface area contributed by atoms with Gasteiger partial charge in [0.1, 0.15) is 17.1 Å². The van der Waals surface area contributed by atoms with Crippen molar-refractivity contribution >= 4 is 11.2 Å². The minimum atomic E-state index is 0.496. The van der Waals surface area contributed by atoms with Crippen LogP contribution in [0.25, 0.3) is 16.9 Å². The van der Waals surface area contributed by atoms with Gasteiger partial charge in [0.15, 0.2) is 5.65 Å². The second-order valence-electron chi connectivity index (χ2n) is 5.91. The molecule has 23 heavy (non-hydrogen) atoms. The van der Waals surface area contributed by atoms with Gasteiger partial charge in [0, 0.05) is 24.7 Å². The summed E-state index contributed by atoms with van der Waals surface area (Å²) in [6.45, 7) is 1.10. The molecule has 1 aliphatic rings. The summed E-state index contributed by atoms with van der Waals surface area (Å²) in [5, 5.41) is 3.55. The quantitative estimate of drug-likeness (QED) is 0.805. The highest BCUT2D eigenvalue weighted by Crippen LogP contribution is 2.24. The van der Waals surface area contributed by atoms with E-state index in [0.717, 1.165) is 41.4 Å². The summed E-state index contributed by atoms with van der Waals surface area (Å²) in [6, 6.07) is 12.5. The van der Waals surface area contributed by atoms with Crippen molar-refractivity contribution in [1.29, 1.82) is 0 Å². The zero-order valence-corrected chi connectivity index (χ0v) is 13.2. The van der Waals surface area contributed by atoms with Crippen molar-refractivity contribution in [3.05, 3.63) is 48.4 Å². The van der Waals surface area contributed by atoms with Crippen molar-refractivity contribution in [1.82, 2.24) is 19.9 Å². The van der Waals surface area contributed by atoms with Gasteiger partial charge in [-0.05, 0) is 43.7 Å². The Kier molecular flexibility index (Phi) is 3.71. The Morgan fingerprint density at radius 1 is 1.30 bits per heavy atom. The highest BCUT2D eigenvalue weighted by molar-refractivity contribution is 5.74. The molecule has 1 fully saturated rings.